The highest BCUT2D eigenvalue weighted by molar-refractivity contribution is 5.55. The maximum atomic E-state index is 5.80. The summed E-state index contributed by atoms with van der Waals surface area (Å²) >= 11 is 0. The maximum Gasteiger partial charge on any atom is 0.262 e. The average Bonchev–Trinajstić information content (AvgIpc) is 2.52. The third-order valence-corrected chi connectivity index (χ3v) is 3.33. The molecule has 2 aromatic rings. The predicted molar refractivity (Wildman–Crippen MR) is 89.8 cm³/mol. The minimum absolute atomic E-state index is 0.415. The van der Waals surface area contributed by atoms with E-state index in [4.69, 9.17) is 14.2 Å². The number of anilines is 1. The van der Waals surface area contributed by atoms with Crippen LogP contribution in [0.15, 0.2) is 18.2 Å². The molecule has 0 amide bonds. The van der Waals surface area contributed by atoms with Crippen molar-refractivity contribution in [2.45, 2.75) is 20.8 Å². The summed E-state index contributed by atoms with van der Waals surface area (Å²) in [7, 11) is 3.12. The first-order valence-corrected chi connectivity index (χ1v) is 7.45. The van der Waals surface area contributed by atoms with Crippen molar-refractivity contribution in [2.24, 2.45) is 0 Å². The summed E-state index contributed by atoms with van der Waals surface area (Å²) < 4.78 is 16.3. The van der Waals surface area contributed by atoms with Crippen LogP contribution in [0.2, 0.25) is 0 Å². The van der Waals surface area contributed by atoms with Gasteiger partial charge in [0.25, 0.3) is 5.88 Å². The lowest BCUT2D eigenvalue weighted by Crippen LogP contribution is -2.14. The Morgan fingerprint density at radius 2 is 1.83 bits per heavy atom. The van der Waals surface area contributed by atoms with Gasteiger partial charge in [-0.15, -0.1) is 0 Å². The fourth-order valence-corrected chi connectivity index (χ4v) is 2.27. The Morgan fingerprint density at radius 3 is 2.48 bits per heavy atom. The third kappa shape index (κ3) is 4.25. The Bertz CT molecular complexity index is 674. The third-order valence-electron chi connectivity index (χ3n) is 3.33. The van der Waals surface area contributed by atoms with E-state index < -0.39 is 0 Å². The van der Waals surface area contributed by atoms with E-state index in [2.05, 4.69) is 28.3 Å². The zero-order valence-electron chi connectivity index (χ0n) is 14.3. The van der Waals surface area contributed by atoms with E-state index in [0.29, 0.717) is 36.4 Å². The minimum atomic E-state index is 0.415. The molecule has 0 fully saturated rings. The second kappa shape index (κ2) is 7.67. The van der Waals surface area contributed by atoms with Crippen LogP contribution in [0.25, 0.3) is 0 Å². The molecule has 0 saturated heterocycles. The van der Waals surface area contributed by atoms with Gasteiger partial charge in [0, 0.05) is 0 Å². The molecule has 2 rings (SSSR count). The molecule has 1 aromatic carbocycles. The van der Waals surface area contributed by atoms with Gasteiger partial charge >= 0.3 is 0 Å². The van der Waals surface area contributed by atoms with Gasteiger partial charge in [-0.05, 0) is 32.4 Å². The van der Waals surface area contributed by atoms with E-state index >= 15 is 0 Å². The fraction of sp³-hybridized carbons (Fsp3) is 0.412. The molecule has 1 aromatic heterocycles. The highest BCUT2D eigenvalue weighted by Gasteiger charge is 2.14. The predicted octanol–water partition coefficient (Wildman–Crippen LogP) is 2.91. The Hall–Kier alpha value is -2.50. The first-order chi connectivity index (χ1) is 11.0. The van der Waals surface area contributed by atoms with Crippen molar-refractivity contribution < 1.29 is 14.2 Å². The monoisotopic (exact) mass is 317 g/mol. The summed E-state index contributed by atoms with van der Waals surface area (Å²) in [6.07, 6.45) is 0. The van der Waals surface area contributed by atoms with Gasteiger partial charge in [0.15, 0.2) is 5.82 Å². The van der Waals surface area contributed by atoms with E-state index in [1.165, 1.54) is 5.56 Å². The van der Waals surface area contributed by atoms with Crippen molar-refractivity contribution in [2.75, 3.05) is 32.7 Å². The average molecular weight is 317 g/mol. The summed E-state index contributed by atoms with van der Waals surface area (Å²) in [5, 5.41) is 3.20. The van der Waals surface area contributed by atoms with Crippen LogP contribution >= 0.6 is 0 Å². The van der Waals surface area contributed by atoms with Gasteiger partial charge in [0.2, 0.25) is 5.75 Å². The largest absolute Gasteiger partial charge is 0.491 e. The topological polar surface area (TPSA) is 65.5 Å². The lowest BCUT2D eigenvalue weighted by atomic mass is 10.1. The van der Waals surface area contributed by atoms with Crippen LogP contribution in [0, 0.1) is 20.8 Å². The molecule has 0 radical (unpaired) electrons. The molecule has 0 aliphatic rings. The van der Waals surface area contributed by atoms with Gasteiger partial charge in [-0.2, -0.15) is 4.98 Å². The van der Waals surface area contributed by atoms with E-state index in [0.717, 1.165) is 11.3 Å². The fourth-order valence-electron chi connectivity index (χ4n) is 2.27. The second-order valence-corrected chi connectivity index (χ2v) is 5.21. The van der Waals surface area contributed by atoms with Crippen LogP contribution in [0.3, 0.4) is 0 Å². The molecule has 23 heavy (non-hydrogen) atoms. The van der Waals surface area contributed by atoms with E-state index in [1.807, 2.05) is 19.1 Å². The maximum absolute atomic E-state index is 5.80. The van der Waals surface area contributed by atoms with Crippen molar-refractivity contribution in [1.82, 2.24) is 9.97 Å². The number of benzene rings is 1. The summed E-state index contributed by atoms with van der Waals surface area (Å²) in [4.78, 5) is 8.53. The molecule has 0 aliphatic heterocycles. The van der Waals surface area contributed by atoms with Crippen molar-refractivity contribution >= 4 is 5.82 Å². The molecule has 6 heteroatoms. The summed E-state index contributed by atoms with van der Waals surface area (Å²) in [5.74, 6) is 3.00. The summed E-state index contributed by atoms with van der Waals surface area (Å²) in [6, 6.07) is 6.13. The zero-order chi connectivity index (χ0) is 16.8. The van der Waals surface area contributed by atoms with Gasteiger partial charge in [0.05, 0.1) is 20.8 Å². The Balaban J connectivity index is 1.97. The van der Waals surface area contributed by atoms with Gasteiger partial charge in [-0.25, -0.2) is 4.98 Å². The molecule has 0 aliphatic carbocycles. The van der Waals surface area contributed by atoms with Crippen molar-refractivity contribution in [1.29, 1.82) is 0 Å². The first kappa shape index (κ1) is 16.9. The molecule has 1 heterocycles. The van der Waals surface area contributed by atoms with Crippen molar-refractivity contribution in [3.63, 3.8) is 0 Å². The second-order valence-electron chi connectivity index (χ2n) is 5.21. The number of hydrogen-bond donors (Lipinski definition) is 1. The van der Waals surface area contributed by atoms with Gasteiger partial charge in [-0.1, -0.05) is 17.7 Å². The SMILES string of the molecule is COc1nc(C)nc(NCCOc2ccc(C)cc2C)c1OC. The highest BCUT2D eigenvalue weighted by Crippen LogP contribution is 2.31. The quantitative estimate of drug-likeness (QED) is 0.792. The van der Waals surface area contributed by atoms with E-state index in [-0.39, 0.29) is 0 Å². The highest BCUT2D eigenvalue weighted by atomic mass is 16.5. The molecule has 1 N–H and O–H groups in total. The molecular formula is C17H23N3O3. The standard InChI is InChI=1S/C17H23N3O3/c1-11-6-7-14(12(2)10-11)23-9-8-18-16-15(21-4)17(22-5)20-13(3)19-16/h6-7,10H,8-9H2,1-5H3,(H,18,19,20). The van der Waals surface area contributed by atoms with Crippen LogP contribution in [0.4, 0.5) is 5.82 Å². The molecular weight excluding hydrogens is 294 g/mol. The summed E-state index contributed by atoms with van der Waals surface area (Å²) in [5.41, 5.74) is 2.35. The van der Waals surface area contributed by atoms with Crippen LogP contribution in [0.1, 0.15) is 17.0 Å². The number of aryl methyl sites for hydroxylation is 3. The number of ether oxygens (including phenoxy) is 3. The number of rotatable bonds is 7. The van der Waals surface area contributed by atoms with Crippen LogP contribution in [0.5, 0.6) is 17.4 Å². The van der Waals surface area contributed by atoms with Crippen molar-refractivity contribution in [3.8, 4) is 17.4 Å². The minimum Gasteiger partial charge on any atom is -0.491 e. The van der Waals surface area contributed by atoms with Gasteiger partial charge < -0.3 is 19.5 Å². The lowest BCUT2D eigenvalue weighted by molar-refractivity contribution is 0.328. The lowest BCUT2D eigenvalue weighted by Gasteiger charge is -2.14. The van der Waals surface area contributed by atoms with Gasteiger partial charge in [0.1, 0.15) is 18.2 Å². The molecule has 124 valence electrons. The molecule has 6 nitrogen and oxygen atoms in total. The Kier molecular flexibility index (Phi) is 5.62. The normalized spacial score (nSPS) is 10.3. The summed E-state index contributed by atoms with van der Waals surface area (Å²) in [6.45, 7) is 7.01. The Morgan fingerprint density at radius 1 is 1.04 bits per heavy atom. The molecule has 0 atom stereocenters. The Labute approximate surface area is 136 Å². The van der Waals surface area contributed by atoms with Crippen LogP contribution in [-0.2, 0) is 0 Å². The number of nitrogens with zero attached hydrogens (tertiary/aromatic N) is 2. The first-order valence-electron chi connectivity index (χ1n) is 7.45. The number of nitrogens with one attached hydrogen (secondary N) is 1. The molecule has 0 bridgehead atoms. The molecule has 0 spiro atoms. The number of methoxy groups -OCH3 is 2. The molecule has 0 saturated carbocycles. The molecule has 0 unspecified atom stereocenters. The van der Waals surface area contributed by atoms with Gasteiger partial charge in [-0.3, -0.25) is 0 Å². The van der Waals surface area contributed by atoms with E-state index in [1.54, 1.807) is 21.1 Å². The van der Waals surface area contributed by atoms with E-state index in [9.17, 15) is 0 Å². The zero-order valence-corrected chi connectivity index (χ0v) is 14.3. The van der Waals surface area contributed by atoms with Crippen molar-refractivity contribution in [3.05, 3.63) is 35.2 Å². The number of hydrogen-bond acceptors (Lipinski definition) is 6. The van der Waals surface area contributed by atoms with Crippen LogP contribution < -0.4 is 19.5 Å². The smallest absolute Gasteiger partial charge is 0.262 e. The van der Waals surface area contributed by atoms with Crippen LogP contribution in [-0.4, -0.2) is 37.3 Å². The number of aromatic nitrogens is 2.